The molecule has 2 N–H and O–H groups in total. The van der Waals surface area contributed by atoms with Gasteiger partial charge in [-0.1, -0.05) is 31.0 Å². The van der Waals surface area contributed by atoms with E-state index in [1.165, 1.54) is 10.9 Å². The van der Waals surface area contributed by atoms with Crippen LogP contribution in [0.25, 0.3) is 10.9 Å². The number of aromatic amines is 1. The van der Waals surface area contributed by atoms with Crippen molar-refractivity contribution in [3.63, 3.8) is 0 Å². The van der Waals surface area contributed by atoms with Gasteiger partial charge in [0.15, 0.2) is 0 Å². The summed E-state index contributed by atoms with van der Waals surface area (Å²) in [5.74, 6) is -0.0522. The molecule has 0 aliphatic rings. The number of aryl methyl sites for hydroxylation is 1. The first kappa shape index (κ1) is 10.1. The molecular weight excluding hydrogens is 208 g/mol. The van der Waals surface area contributed by atoms with Gasteiger partial charge in [0, 0.05) is 23.5 Å². The number of nitrogens with one attached hydrogen (secondary N) is 2. The maximum Gasteiger partial charge on any atom is 0.229 e. The summed E-state index contributed by atoms with van der Waals surface area (Å²) in [7, 11) is 0. The Kier molecular flexibility index (Phi) is 2.97. The predicted octanol–water partition coefficient (Wildman–Crippen LogP) is 2.06. The molecule has 0 aliphatic heterocycles. The van der Waals surface area contributed by atoms with Crippen LogP contribution in [-0.4, -0.2) is 10.9 Å². The number of amides is 1. The van der Waals surface area contributed by atoms with Crippen molar-refractivity contribution >= 4 is 29.6 Å². The molecule has 2 rings (SSSR count). The van der Waals surface area contributed by atoms with Gasteiger partial charge in [-0.15, -0.1) is 0 Å². The van der Waals surface area contributed by atoms with Crippen molar-refractivity contribution in [2.24, 2.45) is 0 Å². The fraction of sp³-hybridized carbons (Fsp3) is 0.182. The highest BCUT2D eigenvalue weighted by molar-refractivity contribution is 7.78. The molecule has 1 amide bonds. The first-order valence-electron chi connectivity index (χ1n) is 4.79. The number of hydrogen-bond donors (Lipinski definition) is 3. The molecule has 3 nitrogen and oxygen atoms in total. The zero-order chi connectivity index (χ0) is 10.7. The SMILES string of the molecule is O=C(CCc1c[nH]c2ccccc12)NS. The van der Waals surface area contributed by atoms with E-state index in [-0.39, 0.29) is 5.91 Å². The molecule has 0 aliphatic carbocycles. The van der Waals surface area contributed by atoms with Gasteiger partial charge in [-0.2, -0.15) is 0 Å². The average Bonchev–Trinajstić information content (AvgIpc) is 2.69. The smallest absolute Gasteiger partial charge is 0.229 e. The van der Waals surface area contributed by atoms with Crippen LogP contribution >= 0.6 is 12.8 Å². The molecule has 1 heterocycles. The maximum atomic E-state index is 11.0. The van der Waals surface area contributed by atoms with Crippen LogP contribution in [-0.2, 0) is 11.2 Å². The van der Waals surface area contributed by atoms with E-state index < -0.39 is 0 Å². The van der Waals surface area contributed by atoms with E-state index in [0.29, 0.717) is 6.42 Å². The summed E-state index contributed by atoms with van der Waals surface area (Å²) < 4.78 is 2.32. The van der Waals surface area contributed by atoms with Crippen molar-refractivity contribution in [2.45, 2.75) is 12.8 Å². The highest BCUT2D eigenvalue weighted by Gasteiger charge is 2.04. The molecule has 1 aromatic heterocycles. The number of carbonyl (C=O) groups excluding carboxylic acids is 1. The van der Waals surface area contributed by atoms with Crippen LogP contribution in [0.4, 0.5) is 0 Å². The summed E-state index contributed by atoms with van der Waals surface area (Å²) in [6.45, 7) is 0. The minimum Gasteiger partial charge on any atom is -0.361 e. The summed E-state index contributed by atoms with van der Waals surface area (Å²) in [5, 5.41) is 1.18. The van der Waals surface area contributed by atoms with Gasteiger partial charge in [0.25, 0.3) is 0 Å². The normalized spacial score (nSPS) is 10.5. The molecule has 0 fully saturated rings. The third-order valence-corrected chi connectivity index (χ3v) is 2.67. The highest BCUT2D eigenvalue weighted by atomic mass is 32.1. The Morgan fingerprint density at radius 3 is 3.00 bits per heavy atom. The molecule has 78 valence electrons. The Bertz CT molecular complexity index is 478. The number of thiol groups is 1. The average molecular weight is 220 g/mol. The van der Waals surface area contributed by atoms with Crippen LogP contribution in [0.3, 0.4) is 0 Å². The maximum absolute atomic E-state index is 11.0. The molecule has 1 aromatic carbocycles. The van der Waals surface area contributed by atoms with Crippen LogP contribution in [0, 0.1) is 0 Å². The molecule has 4 heteroatoms. The molecule has 0 radical (unpaired) electrons. The summed E-state index contributed by atoms with van der Waals surface area (Å²) >= 11 is 3.71. The van der Waals surface area contributed by atoms with E-state index in [2.05, 4.69) is 28.6 Å². The van der Waals surface area contributed by atoms with E-state index in [4.69, 9.17) is 0 Å². The number of aromatic nitrogens is 1. The number of H-pyrrole nitrogens is 1. The van der Waals surface area contributed by atoms with Crippen molar-refractivity contribution in [3.8, 4) is 0 Å². The number of hydrogen-bond acceptors (Lipinski definition) is 2. The molecule has 0 bridgehead atoms. The lowest BCUT2D eigenvalue weighted by molar-refractivity contribution is -0.119. The first-order chi connectivity index (χ1) is 7.31. The van der Waals surface area contributed by atoms with Gasteiger partial charge in [0.2, 0.25) is 5.91 Å². The van der Waals surface area contributed by atoms with Gasteiger partial charge in [-0.25, -0.2) is 0 Å². The Labute approximate surface area is 93.4 Å². The summed E-state index contributed by atoms with van der Waals surface area (Å²) in [5.41, 5.74) is 2.28. The van der Waals surface area contributed by atoms with Crippen molar-refractivity contribution < 1.29 is 4.79 Å². The van der Waals surface area contributed by atoms with Crippen molar-refractivity contribution in [3.05, 3.63) is 36.0 Å². The number of carbonyl (C=O) groups is 1. The van der Waals surface area contributed by atoms with Gasteiger partial charge in [0.05, 0.1) is 0 Å². The molecule has 0 atom stereocenters. The van der Waals surface area contributed by atoms with Gasteiger partial charge in [0.1, 0.15) is 0 Å². The third-order valence-electron chi connectivity index (χ3n) is 2.42. The van der Waals surface area contributed by atoms with Gasteiger partial charge >= 0.3 is 0 Å². The van der Waals surface area contributed by atoms with E-state index in [1.54, 1.807) is 0 Å². The lowest BCUT2D eigenvalue weighted by atomic mass is 10.1. The predicted molar refractivity (Wildman–Crippen MR) is 63.7 cm³/mol. The number of rotatable bonds is 3. The van der Waals surface area contributed by atoms with Crippen molar-refractivity contribution in [1.82, 2.24) is 9.71 Å². The van der Waals surface area contributed by atoms with Crippen LogP contribution in [0.1, 0.15) is 12.0 Å². The zero-order valence-electron chi connectivity index (χ0n) is 8.16. The van der Waals surface area contributed by atoms with E-state index in [0.717, 1.165) is 11.9 Å². The van der Waals surface area contributed by atoms with Gasteiger partial charge < -0.3 is 9.71 Å². The first-order valence-corrected chi connectivity index (χ1v) is 5.24. The second-order valence-corrected chi connectivity index (χ2v) is 3.62. The Morgan fingerprint density at radius 1 is 1.40 bits per heavy atom. The van der Waals surface area contributed by atoms with Gasteiger partial charge in [-0.3, -0.25) is 4.79 Å². The fourth-order valence-corrected chi connectivity index (χ4v) is 1.75. The molecular formula is C11H12N2OS. The zero-order valence-corrected chi connectivity index (χ0v) is 9.05. The molecule has 0 spiro atoms. The quantitative estimate of drug-likeness (QED) is 0.681. The Hall–Kier alpha value is -1.42. The van der Waals surface area contributed by atoms with Crippen LogP contribution in [0.5, 0.6) is 0 Å². The molecule has 15 heavy (non-hydrogen) atoms. The summed E-state index contributed by atoms with van der Waals surface area (Å²) in [6, 6.07) is 8.07. The second-order valence-electron chi connectivity index (χ2n) is 3.39. The Balaban J connectivity index is 2.18. The molecule has 0 saturated carbocycles. The Morgan fingerprint density at radius 2 is 2.20 bits per heavy atom. The standard InChI is InChI=1S/C11H12N2OS/c14-11(13-15)6-5-8-7-12-10-4-2-1-3-9(8)10/h1-4,7,12,15H,5-6H2,(H,13,14). The number of benzene rings is 1. The van der Waals surface area contributed by atoms with Crippen LogP contribution in [0.2, 0.25) is 0 Å². The minimum absolute atomic E-state index is 0.0522. The fourth-order valence-electron chi connectivity index (χ4n) is 1.64. The lowest BCUT2D eigenvalue weighted by Crippen LogP contribution is -2.12. The topological polar surface area (TPSA) is 44.9 Å². The van der Waals surface area contributed by atoms with E-state index in [9.17, 15) is 4.79 Å². The third kappa shape index (κ3) is 2.15. The van der Waals surface area contributed by atoms with Gasteiger partial charge in [-0.05, 0) is 18.1 Å². The molecule has 2 aromatic rings. The largest absolute Gasteiger partial charge is 0.361 e. The monoisotopic (exact) mass is 220 g/mol. The molecule has 0 unspecified atom stereocenters. The van der Waals surface area contributed by atoms with Crippen molar-refractivity contribution in [1.29, 1.82) is 0 Å². The minimum atomic E-state index is -0.0522. The summed E-state index contributed by atoms with van der Waals surface area (Å²) in [6.07, 6.45) is 3.15. The highest BCUT2D eigenvalue weighted by Crippen LogP contribution is 2.18. The lowest BCUT2D eigenvalue weighted by Gasteiger charge is -1.98. The van der Waals surface area contributed by atoms with E-state index in [1.807, 2.05) is 24.4 Å². The summed E-state index contributed by atoms with van der Waals surface area (Å²) in [4.78, 5) is 14.2. The van der Waals surface area contributed by atoms with Crippen LogP contribution in [0.15, 0.2) is 30.5 Å². The molecule has 0 saturated heterocycles. The second kappa shape index (κ2) is 4.40. The number of fused-ring (bicyclic) bond motifs is 1. The van der Waals surface area contributed by atoms with Crippen molar-refractivity contribution in [2.75, 3.05) is 0 Å². The number of para-hydroxylation sites is 1. The van der Waals surface area contributed by atoms with Crippen LogP contribution < -0.4 is 4.72 Å². The van der Waals surface area contributed by atoms with E-state index >= 15 is 0 Å².